The van der Waals surface area contributed by atoms with Crippen molar-refractivity contribution in [3.8, 4) is 0 Å². The molecule has 1 saturated heterocycles. The molecule has 0 spiro atoms. The van der Waals surface area contributed by atoms with Crippen LogP contribution in [0.3, 0.4) is 0 Å². The highest BCUT2D eigenvalue weighted by atomic mass is 32.2. The summed E-state index contributed by atoms with van der Waals surface area (Å²) >= 11 is 1.71. The van der Waals surface area contributed by atoms with Gasteiger partial charge in [0.1, 0.15) is 5.82 Å². The van der Waals surface area contributed by atoms with E-state index in [4.69, 9.17) is 9.72 Å². The Morgan fingerprint density at radius 1 is 1.23 bits per heavy atom. The number of para-hydroxylation sites is 2. The molecule has 2 heterocycles. The predicted molar refractivity (Wildman–Crippen MR) is 122 cm³/mol. The fourth-order valence-corrected chi connectivity index (χ4v) is 5.09. The molecule has 0 aliphatic carbocycles. The van der Waals surface area contributed by atoms with E-state index in [2.05, 4.69) is 29.8 Å². The van der Waals surface area contributed by atoms with E-state index < -0.39 is 0 Å². The van der Waals surface area contributed by atoms with E-state index in [1.165, 1.54) is 0 Å². The van der Waals surface area contributed by atoms with Crippen molar-refractivity contribution in [1.29, 1.82) is 0 Å². The molecule has 1 aliphatic heterocycles. The maximum atomic E-state index is 12.9. The molecule has 0 radical (unpaired) electrons. The number of imidazole rings is 1. The van der Waals surface area contributed by atoms with Crippen molar-refractivity contribution in [2.75, 3.05) is 18.9 Å². The zero-order valence-electron chi connectivity index (χ0n) is 17.6. The minimum absolute atomic E-state index is 0.0300. The van der Waals surface area contributed by atoms with E-state index in [0.29, 0.717) is 25.1 Å². The molecule has 0 bridgehead atoms. The van der Waals surface area contributed by atoms with Gasteiger partial charge in [0.05, 0.1) is 22.7 Å². The molecule has 1 unspecified atom stereocenters. The largest absolute Gasteiger partial charge is 0.377 e. The molecule has 1 atom stereocenters. The van der Waals surface area contributed by atoms with Crippen LogP contribution in [0, 0.1) is 0 Å². The summed E-state index contributed by atoms with van der Waals surface area (Å²) in [6.45, 7) is 5.74. The first-order valence-electron chi connectivity index (χ1n) is 10.7. The zero-order chi connectivity index (χ0) is 20.9. The number of thioether (sulfide) groups is 1. The molecule has 1 N–H and O–H groups in total. The van der Waals surface area contributed by atoms with Gasteiger partial charge in [-0.2, -0.15) is 0 Å². The average Bonchev–Trinajstić information content (AvgIpc) is 3.39. The highest BCUT2D eigenvalue weighted by Crippen LogP contribution is 2.27. The van der Waals surface area contributed by atoms with Crippen molar-refractivity contribution in [2.24, 2.45) is 0 Å². The zero-order valence-corrected chi connectivity index (χ0v) is 18.5. The third kappa shape index (κ3) is 4.71. The van der Waals surface area contributed by atoms with Gasteiger partial charge in [0.2, 0.25) is 0 Å². The van der Waals surface area contributed by atoms with Crippen LogP contribution in [-0.2, 0) is 11.2 Å². The molecule has 1 aromatic heterocycles. The van der Waals surface area contributed by atoms with Crippen LogP contribution in [0.5, 0.6) is 0 Å². The van der Waals surface area contributed by atoms with E-state index in [1.807, 2.05) is 42.5 Å². The molecular weight excluding hydrogens is 394 g/mol. The average molecular weight is 424 g/mol. The number of nitrogens with zero attached hydrogens (tertiary/aromatic N) is 2. The second-order valence-electron chi connectivity index (χ2n) is 7.93. The standard InChI is InChI=1S/C24H29N3O2S/c1-17(2)27-21-11-5-4-10-20(21)26-23(27)13-14-25-24(28)19-9-3-6-12-22(19)30-16-18-8-7-15-29-18/h3-6,9-12,17-18H,7-8,13-16H2,1-2H3,(H,25,28). The molecule has 2 aromatic carbocycles. The Morgan fingerprint density at radius 3 is 2.83 bits per heavy atom. The summed E-state index contributed by atoms with van der Waals surface area (Å²) < 4.78 is 7.97. The van der Waals surface area contributed by atoms with E-state index >= 15 is 0 Å². The number of ether oxygens (including phenoxy) is 1. The molecule has 30 heavy (non-hydrogen) atoms. The van der Waals surface area contributed by atoms with Crippen LogP contribution < -0.4 is 5.32 Å². The summed E-state index contributed by atoms with van der Waals surface area (Å²) in [4.78, 5) is 18.7. The van der Waals surface area contributed by atoms with Gasteiger partial charge >= 0.3 is 0 Å². The van der Waals surface area contributed by atoms with Gasteiger partial charge in [0.15, 0.2) is 0 Å². The number of aromatic nitrogens is 2. The van der Waals surface area contributed by atoms with Gasteiger partial charge < -0.3 is 14.6 Å². The van der Waals surface area contributed by atoms with E-state index in [9.17, 15) is 4.79 Å². The third-order valence-corrected chi connectivity index (χ3v) is 6.61. The topological polar surface area (TPSA) is 56.2 Å². The van der Waals surface area contributed by atoms with Crippen LogP contribution >= 0.6 is 11.8 Å². The first-order valence-corrected chi connectivity index (χ1v) is 11.7. The van der Waals surface area contributed by atoms with Crippen molar-refractivity contribution in [3.63, 3.8) is 0 Å². The highest BCUT2D eigenvalue weighted by Gasteiger charge is 2.18. The Morgan fingerprint density at radius 2 is 2.03 bits per heavy atom. The van der Waals surface area contributed by atoms with Crippen molar-refractivity contribution in [1.82, 2.24) is 14.9 Å². The molecule has 6 heteroatoms. The SMILES string of the molecule is CC(C)n1c(CCNC(=O)c2ccccc2SCC2CCCO2)nc2ccccc21. The van der Waals surface area contributed by atoms with E-state index in [-0.39, 0.29) is 5.91 Å². The molecule has 4 rings (SSSR count). The second kappa shape index (κ2) is 9.67. The van der Waals surface area contributed by atoms with E-state index in [0.717, 1.165) is 52.5 Å². The Bertz CT molecular complexity index is 1010. The number of hydrogen-bond donors (Lipinski definition) is 1. The lowest BCUT2D eigenvalue weighted by molar-refractivity contribution is 0.0951. The molecule has 1 amide bonds. The number of benzene rings is 2. The van der Waals surface area contributed by atoms with Gasteiger partial charge in [-0.1, -0.05) is 24.3 Å². The summed E-state index contributed by atoms with van der Waals surface area (Å²) in [6, 6.07) is 16.3. The minimum atomic E-state index is -0.0300. The van der Waals surface area contributed by atoms with E-state index in [1.54, 1.807) is 11.8 Å². The molecule has 3 aromatic rings. The molecule has 158 valence electrons. The Kier molecular flexibility index (Phi) is 6.75. The maximum Gasteiger partial charge on any atom is 0.252 e. The summed E-state index contributed by atoms with van der Waals surface area (Å²) in [7, 11) is 0. The quantitative estimate of drug-likeness (QED) is 0.526. The number of amides is 1. The van der Waals surface area contributed by atoms with Crippen LogP contribution in [0.1, 0.15) is 48.9 Å². The maximum absolute atomic E-state index is 12.9. The van der Waals surface area contributed by atoms with Gasteiger partial charge in [-0.15, -0.1) is 11.8 Å². The smallest absolute Gasteiger partial charge is 0.252 e. The van der Waals surface area contributed by atoms with Gasteiger partial charge in [-0.05, 0) is 51.0 Å². The summed E-state index contributed by atoms with van der Waals surface area (Å²) in [5.41, 5.74) is 2.88. The third-order valence-electron chi connectivity index (χ3n) is 5.40. The molecule has 1 aliphatic rings. The summed E-state index contributed by atoms with van der Waals surface area (Å²) in [5.74, 6) is 1.87. The van der Waals surface area contributed by atoms with Gasteiger partial charge in [-0.3, -0.25) is 4.79 Å². The number of fused-ring (bicyclic) bond motifs is 1. The molecule has 5 nitrogen and oxygen atoms in total. The van der Waals surface area contributed by atoms with Crippen LogP contribution in [0.25, 0.3) is 11.0 Å². The van der Waals surface area contributed by atoms with Crippen molar-refractivity contribution >= 4 is 28.7 Å². The van der Waals surface area contributed by atoms with Crippen molar-refractivity contribution in [2.45, 2.75) is 50.2 Å². The van der Waals surface area contributed by atoms with Gasteiger partial charge in [0, 0.05) is 36.3 Å². The molecular formula is C24H29N3O2S. The predicted octanol–water partition coefficient (Wildman–Crippen LogP) is 4.86. The van der Waals surface area contributed by atoms with Crippen molar-refractivity contribution < 1.29 is 9.53 Å². The lowest BCUT2D eigenvalue weighted by atomic mass is 10.2. The normalized spacial score (nSPS) is 16.4. The summed E-state index contributed by atoms with van der Waals surface area (Å²) in [6.07, 6.45) is 3.24. The first-order chi connectivity index (χ1) is 14.6. The summed E-state index contributed by atoms with van der Waals surface area (Å²) in [5, 5.41) is 3.09. The Labute approximate surface area is 182 Å². The van der Waals surface area contributed by atoms with Crippen molar-refractivity contribution in [3.05, 3.63) is 59.9 Å². The molecule has 0 saturated carbocycles. The van der Waals surface area contributed by atoms with Crippen LogP contribution in [0.4, 0.5) is 0 Å². The Hall–Kier alpha value is -2.31. The lowest BCUT2D eigenvalue weighted by Crippen LogP contribution is -2.27. The minimum Gasteiger partial charge on any atom is -0.377 e. The fourth-order valence-electron chi connectivity index (χ4n) is 3.97. The fraction of sp³-hybridized carbons (Fsp3) is 0.417. The number of carbonyl (C=O) groups excluding carboxylic acids is 1. The number of hydrogen-bond acceptors (Lipinski definition) is 4. The lowest BCUT2D eigenvalue weighted by Gasteiger charge is -2.14. The van der Waals surface area contributed by atoms with Gasteiger partial charge in [-0.25, -0.2) is 4.98 Å². The second-order valence-corrected chi connectivity index (χ2v) is 8.99. The highest BCUT2D eigenvalue weighted by molar-refractivity contribution is 7.99. The number of nitrogens with one attached hydrogen (secondary N) is 1. The van der Waals surface area contributed by atoms with Crippen LogP contribution in [0.15, 0.2) is 53.4 Å². The van der Waals surface area contributed by atoms with Gasteiger partial charge in [0.25, 0.3) is 5.91 Å². The monoisotopic (exact) mass is 423 g/mol. The molecule has 1 fully saturated rings. The van der Waals surface area contributed by atoms with Crippen LogP contribution in [0.2, 0.25) is 0 Å². The Balaban J connectivity index is 1.40. The first kappa shape index (κ1) is 20.9. The number of carbonyl (C=O) groups is 1. The van der Waals surface area contributed by atoms with Crippen LogP contribution in [-0.4, -0.2) is 40.5 Å². The number of rotatable bonds is 8.